The Bertz CT molecular complexity index is 1210. The number of nitrogens with zero attached hydrogens (tertiary/aromatic N) is 3. The highest BCUT2D eigenvalue weighted by Crippen LogP contribution is 2.30. The van der Waals surface area contributed by atoms with Crippen LogP contribution in [-0.2, 0) is 14.4 Å². The number of rotatable bonds is 7. The van der Waals surface area contributed by atoms with Gasteiger partial charge in [-0.05, 0) is 43.2 Å². The summed E-state index contributed by atoms with van der Waals surface area (Å²) >= 11 is 3.86. The first-order valence-electron chi connectivity index (χ1n) is 13.9. The Morgan fingerprint density at radius 1 is 1.10 bits per heavy atom. The summed E-state index contributed by atoms with van der Waals surface area (Å²) < 4.78 is 2.17. The zero-order valence-electron chi connectivity index (χ0n) is 23.8. The Morgan fingerprint density at radius 2 is 1.75 bits per heavy atom. The third-order valence-corrected chi connectivity index (χ3v) is 9.80. The largest absolute Gasteiger partial charge is 0.391 e. The predicted octanol–water partition coefficient (Wildman–Crippen LogP) is 3.85. The Kier molecular flexibility index (Phi) is 9.90. The van der Waals surface area contributed by atoms with Crippen LogP contribution >= 0.6 is 34.2 Å². The van der Waals surface area contributed by atoms with Gasteiger partial charge in [0, 0.05) is 54.8 Å². The number of aromatic nitrogens is 1. The molecule has 3 amide bonds. The Labute approximate surface area is 254 Å². The molecule has 0 bridgehead atoms. The first-order chi connectivity index (χ1) is 18.8. The van der Waals surface area contributed by atoms with E-state index in [2.05, 4.69) is 41.6 Å². The van der Waals surface area contributed by atoms with Crippen molar-refractivity contribution in [3.05, 3.63) is 41.0 Å². The van der Waals surface area contributed by atoms with E-state index < -0.39 is 23.6 Å². The number of β-amino-alcohol motifs (C(OH)–C–C–N with tert-alkyl or cyclic N) is 1. The van der Waals surface area contributed by atoms with Crippen molar-refractivity contribution in [1.82, 2.24) is 23.6 Å². The van der Waals surface area contributed by atoms with Crippen LogP contribution in [0.15, 0.2) is 29.8 Å². The van der Waals surface area contributed by atoms with Gasteiger partial charge in [-0.1, -0.05) is 45.0 Å². The summed E-state index contributed by atoms with van der Waals surface area (Å²) in [5, 5.41) is 16.5. The predicted molar refractivity (Wildman–Crippen MR) is 165 cm³/mol. The highest BCUT2D eigenvalue weighted by Gasteiger charge is 2.45. The van der Waals surface area contributed by atoms with Crippen molar-refractivity contribution >= 4 is 51.9 Å². The van der Waals surface area contributed by atoms with E-state index in [9.17, 15) is 19.5 Å². The summed E-state index contributed by atoms with van der Waals surface area (Å²) in [5.74, 6) is -0.905. The minimum absolute atomic E-state index is 0.0594. The number of hydrogen-bond donors (Lipinski definition) is 3. The highest BCUT2D eigenvalue weighted by atomic mass is 127. The molecule has 40 heavy (non-hydrogen) atoms. The van der Waals surface area contributed by atoms with E-state index in [1.165, 1.54) is 4.90 Å². The third kappa shape index (κ3) is 7.21. The molecule has 0 radical (unpaired) electrons. The number of nitrogens with one attached hydrogen (secondary N) is 2. The lowest BCUT2D eigenvalue weighted by Crippen LogP contribution is -2.58. The van der Waals surface area contributed by atoms with E-state index >= 15 is 0 Å². The number of aliphatic hydroxyl groups excluding tert-OH is 1. The lowest BCUT2D eigenvalue weighted by atomic mass is 9.84. The van der Waals surface area contributed by atoms with Crippen LogP contribution in [0.1, 0.15) is 64.3 Å². The van der Waals surface area contributed by atoms with Crippen LogP contribution in [-0.4, -0.2) is 73.6 Å². The van der Waals surface area contributed by atoms with E-state index in [1.54, 1.807) is 11.3 Å². The Hall–Kier alpha value is -2.09. The fraction of sp³-hybridized carbons (Fsp3) is 0.586. The second kappa shape index (κ2) is 12.8. The molecule has 2 fully saturated rings. The van der Waals surface area contributed by atoms with Crippen LogP contribution < -0.4 is 10.6 Å². The number of hydrogen-bond acceptors (Lipinski definition) is 7. The van der Waals surface area contributed by atoms with Gasteiger partial charge in [0.2, 0.25) is 17.7 Å². The molecule has 0 unspecified atom stereocenters. The highest BCUT2D eigenvalue weighted by molar-refractivity contribution is 14.1. The molecular formula is C29H40IN5O4S. The van der Waals surface area contributed by atoms with Crippen LogP contribution in [0.3, 0.4) is 0 Å². The maximum Gasteiger partial charge on any atom is 0.246 e. The van der Waals surface area contributed by atoms with Gasteiger partial charge in [0.25, 0.3) is 0 Å². The van der Waals surface area contributed by atoms with Crippen LogP contribution in [0.25, 0.3) is 10.4 Å². The SMILES string of the molecule is Cc1ncsc1-c1ccc([C@H](C)NC(=O)[C@@H]2C[C@@H](O)CN2C(=O)[C@@H](NC(=O)C2CCN(I)CC2)C(C)(C)C)cc1. The second-order valence-corrected chi connectivity index (χ2v) is 14.2. The quantitative estimate of drug-likeness (QED) is 0.303. The maximum absolute atomic E-state index is 13.9. The standard InChI is InChI=1S/C29H40IN5O4S/c1-17(19-6-8-20(9-7-19)24-18(2)31-16-40-24)32-27(38)23-14-22(36)15-35(23)28(39)25(29(3,4)5)33-26(37)21-10-12-34(30)13-11-21/h6-9,16-17,21-23,25,36H,10-15H2,1-5H3,(H,32,38)(H,33,37)/t17-,22+,23-,25+/m0/s1. The van der Waals surface area contributed by atoms with Gasteiger partial charge in [-0.3, -0.25) is 14.4 Å². The third-order valence-electron chi connectivity index (χ3n) is 7.85. The normalized spacial score (nSPS) is 22.1. The number of aliphatic hydroxyl groups is 1. The van der Waals surface area contributed by atoms with Gasteiger partial charge in [0.1, 0.15) is 12.1 Å². The van der Waals surface area contributed by atoms with E-state index in [1.807, 2.05) is 64.4 Å². The van der Waals surface area contributed by atoms with Crippen molar-refractivity contribution in [1.29, 1.82) is 0 Å². The molecule has 9 nitrogen and oxygen atoms in total. The minimum Gasteiger partial charge on any atom is -0.391 e. The number of amides is 3. The first kappa shape index (κ1) is 30.9. The molecule has 1 aromatic heterocycles. The smallest absolute Gasteiger partial charge is 0.246 e. The zero-order chi connectivity index (χ0) is 29.2. The Morgan fingerprint density at radius 3 is 2.33 bits per heavy atom. The molecule has 2 aliphatic heterocycles. The van der Waals surface area contributed by atoms with Crippen LogP contribution in [0.2, 0.25) is 0 Å². The fourth-order valence-electron chi connectivity index (χ4n) is 5.39. The fourth-order valence-corrected chi connectivity index (χ4v) is 6.75. The number of halogens is 1. The molecule has 218 valence electrons. The van der Waals surface area contributed by atoms with Gasteiger partial charge in [-0.25, -0.2) is 8.10 Å². The average Bonchev–Trinajstić information content (AvgIpc) is 3.52. The van der Waals surface area contributed by atoms with Crippen molar-refractivity contribution in [2.45, 2.75) is 78.1 Å². The summed E-state index contributed by atoms with van der Waals surface area (Å²) in [6.45, 7) is 11.3. The molecule has 11 heteroatoms. The molecule has 0 saturated carbocycles. The van der Waals surface area contributed by atoms with Crippen molar-refractivity contribution in [2.24, 2.45) is 11.3 Å². The van der Waals surface area contributed by atoms with E-state index in [0.29, 0.717) is 0 Å². The molecule has 2 aliphatic rings. The van der Waals surface area contributed by atoms with Crippen LogP contribution in [0, 0.1) is 18.3 Å². The lowest BCUT2D eigenvalue weighted by molar-refractivity contribution is -0.144. The van der Waals surface area contributed by atoms with Gasteiger partial charge in [0.15, 0.2) is 0 Å². The molecule has 0 spiro atoms. The molecular weight excluding hydrogens is 641 g/mol. The average molecular weight is 682 g/mol. The van der Waals surface area contributed by atoms with Gasteiger partial charge in [-0.2, -0.15) is 0 Å². The number of thiazole rings is 1. The summed E-state index contributed by atoms with van der Waals surface area (Å²) in [5.41, 5.74) is 4.26. The number of carbonyl (C=O) groups is 3. The number of piperidine rings is 1. The molecule has 2 saturated heterocycles. The van der Waals surface area contributed by atoms with Crippen LogP contribution in [0.5, 0.6) is 0 Å². The van der Waals surface area contributed by atoms with Gasteiger partial charge < -0.3 is 20.6 Å². The van der Waals surface area contributed by atoms with Crippen LogP contribution in [0.4, 0.5) is 0 Å². The maximum atomic E-state index is 13.9. The van der Waals surface area contributed by atoms with E-state index in [0.717, 1.165) is 47.6 Å². The Balaban J connectivity index is 1.44. The van der Waals surface area contributed by atoms with E-state index in [-0.39, 0.29) is 42.6 Å². The molecule has 3 heterocycles. The zero-order valence-corrected chi connectivity index (χ0v) is 26.8. The van der Waals surface area contributed by atoms with Crippen molar-refractivity contribution < 1.29 is 19.5 Å². The molecule has 3 N–H and O–H groups in total. The molecule has 2 aromatic rings. The molecule has 0 aliphatic carbocycles. The first-order valence-corrected chi connectivity index (χ1v) is 15.7. The monoisotopic (exact) mass is 681 g/mol. The van der Waals surface area contributed by atoms with Crippen molar-refractivity contribution in [3.8, 4) is 10.4 Å². The summed E-state index contributed by atoms with van der Waals surface area (Å²) in [7, 11) is 0. The number of benzene rings is 1. The number of likely N-dealkylation sites (tertiary alicyclic amines) is 1. The van der Waals surface area contributed by atoms with Gasteiger partial charge in [0.05, 0.1) is 28.2 Å². The second-order valence-electron chi connectivity index (χ2n) is 12.0. The summed E-state index contributed by atoms with van der Waals surface area (Å²) in [6, 6.07) is 6.11. The topological polar surface area (TPSA) is 115 Å². The van der Waals surface area contributed by atoms with Crippen molar-refractivity contribution in [2.75, 3.05) is 19.6 Å². The van der Waals surface area contributed by atoms with Gasteiger partial charge in [-0.15, -0.1) is 11.3 Å². The number of carbonyl (C=O) groups excluding carboxylic acids is 3. The molecule has 1 aromatic carbocycles. The van der Waals surface area contributed by atoms with Crippen molar-refractivity contribution in [3.63, 3.8) is 0 Å². The molecule has 4 rings (SSSR count). The summed E-state index contributed by atoms with van der Waals surface area (Å²) in [6.07, 6.45) is 0.847. The minimum atomic E-state index is -0.812. The summed E-state index contributed by atoms with van der Waals surface area (Å²) in [4.78, 5) is 47.3. The van der Waals surface area contributed by atoms with Gasteiger partial charge >= 0.3 is 0 Å². The molecule has 4 atom stereocenters. The lowest BCUT2D eigenvalue weighted by Gasteiger charge is -2.37. The van der Waals surface area contributed by atoms with E-state index in [4.69, 9.17) is 0 Å². The number of aryl methyl sites for hydroxylation is 1.